The van der Waals surface area contributed by atoms with Crippen LogP contribution in [0.3, 0.4) is 0 Å². The molecule has 0 spiro atoms. The summed E-state index contributed by atoms with van der Waals surface area (Å²) in [6.07, 6.45) is 1.98. The molecule has 1 saturated heterocycles. The number of thioether (sulfide) groups is 1. The number of benzene rings is 1. The van der Waals surface area contributed by atoms with Crippen LogP contribution in [0.15, 0.2) is 29.2 Å². The van der Waals surface area contributed by atoms with Gasteiger partial charge in [0.25, 0.3) is 0 Å². The highest BCUT2D eigenvalue weighted by Crippen LogP contribution is 2.36. The van der Waals surface area contributed by atoms with Gasteiger partial charge in [-0.1, -0.05) is 12.1 Å². The zero-order valence-corrected chi connectivity index (χ0v) is 11.3. The van der Waals surface area contributed by atoms with Crippen molar-refractivity contribution in [3.8, 4) is 0 Å². The van der Waals surface area contributed by atoms with E-state index in [0.717, 1.165) is 38.0 Å². The van der Waals surface area contributed by atoms with Gasteiger partial charge in [-0.2, -0.15) is 13.2 Å². The molecular formula is C13H17F3N2S. The molecule has 0 unspecified atom stereocenters. The molecule has 1 fully saturated rings. The summed E-state index contributed by atoms with van der Waals surface area (Å²) in [4.78, 5) is 2.52. The molecule has 0 saturated carbocycles. The van der Waals surface area contributed by atoms with Crippen LogP contribution in [-0.4, -0.2) is 29.5 Å². The summed E-state index contributed by atoms with van der Waals surface area (Å²) in [6.45, 7) is 2.70. The Bertz CT molecular complexity index is 397. The van der Waals surface area contributed by atoms with Crippen LogP contribution < -0.4 is 5.73 Å². The summed E-state index contributed by atoms with van der Waals surface area (Å²) in [5, 5.41) is 0. The number of halogens is 3. The summed E-state index contributed by atoms with van der Waals surface area (Å²) in [5.41, 5.74) is 2.66. The summed E-state index contributed by atoms with van der Waals surface area (Å²) in [7, 11) is 0. The van der Waals surface area contributed by atoms with Gasteiger partial charge in [0, 0.05) is 17.5 Å². The second-order valence-corrected chi connectivity index (χ2v) is 5.94. The van der Waals surface area contributed by atoms with Crippen molar-refractivity contribution < 1.29 is 13.2 Å². The van der Waals surface area contributed by atoms with E-state index in [2.05, 4.69) is 4.90 Å². The minimum Gasteiger partial charge on any atom is -0.328 e. The lowest BCUT2D eigenvalue weighted by Crippen LogP contribution is -2.39. The second kappa shape index (κ2) is 6.15. The molecule has 106 valence electrons. The molecule has 0 aliphatic carbocycles. The van der Waals surface area contributed by atoms with Crippen molar-refractivity contribution in [3.63, 3.8) is 0 Å². The van der Waals surface area contributed by atoms with Crippen molar-refractivity contribution in [3.05, 3.63) is 29.8 Å². The summed E-state index contributed by atoms with van der Waals surface area (Å²) >= 11 is -0.0743. The molecule has 0 atom stereocenters. The van der Waals surface area contributed by atoms with Crippen molar-refractivity contribution in [2.24, 2.45) is 5.73 Å². The molecule has 1 aliphatic heterocycles. The third kappa shape index (κ3) is 5.04. The molecule has 1 aliphatic rings. The largest absolute Gasteiger partial charge is 0.446 e. The quantitative estimate of drug-likeness (QED) is 0.867. The van der Waals surface area contributed by atoms with Gasteiger partial charge in [0.2, 0.25) is 0 Å². The first-order chi connectivity index (χ1) is 8.92. The standard InChI is InChI=1S/C13H17F3N2S/c14-13(15,16)19-12-3-1-10(2-4-12)9-18-7-5-11(17)6-8-18/h1-4,11H,5-9,17H2. The van der Waals surface area contributed by atoms with Crippen molar-refractivity contribution in [1.29, 1.82) is 0 Å². The van der Waals surface area contributed by atoms with E-state index in [1.54, 1.807) is 12.1 Å². The van der Waals surface area contributed by atoms with Gasteiger partial charge in [0.15, 0.2) is 0 Å². The number of alkyl halides is 3. The Balaban J connectivity index is 1.88. The number of likely N-dealkylation sites (tertiary alicyclic amines) is 1. The summed E-state index contributed by atoms with van der Waals surface area (Å²) in [6, 6.07) is 6.89. The normalized spacial score (nSPS) is 18.7. The van der Waals surface area contributed by atoms with E-state index in [-0.39, 0.29) is 16.7 Å². The maximum Gasteiger partial charge on any atom is 0.446 e. The fourth-order valence-electron chi connectivity index (χ4n) is 2.17. The van der Waals surface area contributed by atoms with Gasteiger partial charge < -0.3 is 5.73 Å². The van der Waals surface area contributed by atoms with E-state index < -0.39 is 5.51 Å². The zero-order valence-electron chi connectivity index (χ0n) is 10.5. The first-order valence-corrected chi connectivity index (χ1v) is 7.07. The highest BCUT2D eigenvalue weighted by atomic mass is 32.2. The van der Waals surface area contributed by atoms with Crippen molar-refractivity contribution in [1.82, 2.24) is 4.90 Å². The maximum absolute atomic E-state index is 12.2. The van der Waals surface area contributed by atoms with Crippen LogP contribution in [0.1, 0.15) is 18.4 Å². The number of hydrogen-bond donors (Lipinski definition) is 1. The van der Waals surface area contributed by atoms with Crippen LogP contribution in [0.2, 0.25) is 0 Å². The zero-order chi connectivity index (χ0) is 13.9. The Morgan fingerprint density at radius 1 is 1.16 bits per heavy atom. The second-order valence-electron chi connectivity index (χ2n) is 4.81. The van der Waals surface area contributed by atoms with Crippen LogP contribution in [0, 0.1) is 0 Å². The SMILES string of the molecule is NC1CCN(Cc2ccc(SC(F)(F)F)cc2)CC1. The third-order valence-electron chi connectivity index (χ3n) is 3.20. The summed E-state index contributed by atoms with van der Waals surface area (Å²) < 4.78 is 36.6. The highest BCUT2D eigenvalue weighted by Gasteiger charge is 2.29. The Labute approximate surface area is 115 Å². The number of hydrogen-bond acceptors (Lipinski definition) is 3. The van der Waals surface area contributed by atoms with Crippen LogP contribution in [0.4, 0.5) is 13.2 Å². The molecule has 1 aromatic carbocycles. The van der Waals surface area contributed by atoms with Gasteiger partial charge in [-0.15, -0.1) is 0 Å². The van der Waals surface area contributed by atoms with Crippen molar-refractivity contribution >= 4 is 11.8 Å². The fraction of sp³-hybridized carbons (Fsp3) is 0.538. The van der Waals surface area contributed by atoms with Gasteiger partial charge in [0.1, 0.15) is 0 Å². The minimum absolute atomic E-state index is 0.0743. The molecule has 0 aromatic heterocycles. The lowest BCUT2D eigenvalue weighted by Gasteiger charge is -2.30. The highest BCUT2D eigenvalue weighted by molar-refractivity contribution is 8.00. The molecule has 1 aromatic rings. The van der Waals surface area contributed by atoms with Crippen molar-refractivity contribution in [2.45, 2.75) is 35.8 Å². The molecule has 2 rings (SSSR count). The lowest BCUT2D eigenvalue weighted by atomic mass is 10.1. The number of piperidine rings is 1. The monoisotopic (exact) mass is 290 g/mol. The number of nitrogens with zero attached hydrogens (tertiary/aromatic N) is 1. The average molecular weight is 290 g/mol. The molecule has 0 amide bonds. The predicted molar refractivity (Wildman–Crippen MR) is 70.8 cm³/mol. The van der Waals surface area contributed by atoms with Gasteiger partial charge in [-0.3, -0.25) is 4.90 Å². The van der Waals surface area contributed by atoms with E-state index in [4.69, 9.17) is 5.73 Å². The van der Waals surface area contributed by atoms with E-state index in [0.29, 0.717) is 6.04 Å². The van der Waals surface area contributed by atoms with Crippen LogP contribution in [0.25, 0.3) is 0 Å². The molecule has 6 heteroatoms. The minimum atomic E-state index is -4.22. The number of rotatable bonds is 3. The van der Waals surface area contributed by atoms with Gasteiger partial charge in [-0.05, 0) is 55.4 Å². The first-order valence-electron chi connectivity index (χ1n) is 6.25. The van der Waals surface area contributed by atoms with Gasteiger partial charge in [-0.25, -0.2) is 0 Å². The Morgan fingerprint density at radius 2 is 1.74 bits per heavy atom. The fourth-order valence-corrected chi connectivity index (χ4v) is 2.71. The lowest BCUT2D eigenvalue weighted by molar-refractivity contribution is -0.0328. The molecule has 0 radical (unpaired) electrons. The Hall–Kier alpha value is -0.720. The van der Waals surface area contributed by atoms with Gasteiger partial charge >= 0.3 is 5.51 Å². The molecule has 2 nitrogen and oxygen atoms in total. The molecule has 2 N–H and O–H groups in total. The van der Waals surface area contributed by atoms with E-state index in [1.165, 1.54) is 12.1 Å². The van der Waals surface area contributed by atoms with Crippen LogP contribution in [-0.2, 0) is 6.54 Å². The molecule has 0 bridgehead atoms. The summed E-state index contributed by atoms with van der Waals surface area (Å²) in [5.74, 6) is 0. The van der Waals surface area contributed by atoms with Crippen LogP contribution >= 0.6 is 11.8 Å². The molecular weight excluding hydrogens is 273 g/mol. The number of nitrogens with two attached hydrogens (primary N) is 1. The Kier molecular flexibility index (Phi) is 4.76. The predicted octanol–water partition coefficient (Wildman–Crippen LogP) is 3.22. The smallest absolute Gasteiger partial charge is 0.328 e. The molecule has 1 heterocycles. The Morgan fingerprint density at radius 3 is 2.26 bits per heavy atom. The third-order valence-corrected chi connectivity index (χ3v) is 3.93. The molecule has 19 heavy (non-hydrogen) atoms. The maximum atomic E-state index is 12.2. The van der Waals surface area contributed by atoms with Gasteiger partial charge in [0.05, 0.1) is 0 Å². The van der Waals surface area contributed by atoms with E-state index in [9.17, 15) is 13.2 Å². The first kappa shape index (κ1) is 14.7. The van der Waals surface area contributed by atoms with Crippen molar-refractivity contribution in [2.75, 3.05) is 13.1 Å². The topological polar surface area (TPSA) is 29.3 Å². The van der Waals surface area contributed by atoms with E-state index in [1.807, 2.05) is 0 Å². The van der Waals surface area contributed by atoms with E-state index >= 15 is 0 Å². The van der Waals surface area contributed by atoms with Crippen LogP contribution in [0.5, 0.6) is 0 Å². The average Bonchev–Trinajstić information content (AvgIpc) is 2.33.